The van der Waals surface area contributed by atoms with Crippen molar-refractivity contribution < 1.29 is 9.59 Å². The number of likely N-dealkylation sites (N-methyl/N-ethyl adjacent to an activating group) is 1. The van der Waals surface area contributed by atoms with Crippen LogP contribution in [0.15, 0.2) is 24.3 Å². The van der Waals surface area contributed by atoms with Crippen molar-refractivity contribution in [1.29, 1.82) is 0 Å². The summed E-state index contributed by atoms with van der Waals surface area (Å²) < 4.78 is 0. The number of carbonyl (C=O) groups excluding carboxylic acids is 2. The second-order valence-electron chi connectivity index (χ2n) is 8.18. The van der Waals surface area contributed by atoms with Gasteiger partial charge in [-0.05, 0) is 63.4 Å². The number of H-pyrrole nitrogens is 1. The van der Waals surface area contributed by atoms with E-state index in [0.717, 1.165) is 61.7 Å². The number of fused-ring (bicyclic) bond motifs is 1. The van der Waals surface area contributed by atoms with E-state index in [1.54, 1.807) is 0 Å². The summed E-state index contributed by atoms with van der Waals surface area (Å²) in [6.07, 6.45) is 3.94. The number of nitrogens with one attached hydrogen (secondary N) is 2. The van der Waals surface area contributed by atoms with E-state index in [1.807, 2.05) is 42.2 Å². The molecule has 158 valence electrons. The van der Waals surface area contributed by atoms with Crippen LogP contribution < -0.4 is 5.32 Å². The molecule has 0 atom stereocenters. The highest BCUT2D eigenvalue weighted by atomic mass is 16.2. The maximum atomic E-state index is 12.4. The summed E-state index contributed by atoms with van der Waals surface area (Å²) in [6, 6.07) is 7.79. The predicted molar refractivity (Wildman–Crippen MR) is 120 cm³/mol. The van der Waals surface area contributed by atoms with Gasteiger partial charge in [-0.1, -0.05) is 18.2 Å². The van der Waals surface area contributed by atoms with Crippen LogP contribution in [-0.2, 0) is 16.0 Å². The minimum absolute atomic E-state index is 0.0553. The molecular formula is C24H30N4O2. The van der Waals surface area contributed by atoms with Crippen molar-refractivity contribution in [1.82, 2.24) is 14.8 Å². The molecule has 1 fully saturated rings. The lowest BCUT2D eigenvalue weighted by atomic mass is 10.0. The van der Waals surface area contributed by atoms with Gasteiger partial charge in [-0.3, -0.25) is 14.5 Å². The van der Waals surface area contributed by atoms with Gasteiger partial charge in [0.1, 0.15) is 0 Å². The Kier molecular flexibility index (Phi) is 5.77. The maximum absolute atomic E-state index is 12.4. The summed E-state index contributed by atoms with van der Waals surface area (Å²) in [5.41, 5.74) is 7.18. The van der Waals surface area contributed by atoms with Gasteiger partial charge in [0, 0.05) is 42.3 Å². The van der Waals surface area contributed by atoms with Crippen LogP contribution in [0.5, 0.6) is 0 Å². The molecular weight excluding hydrogens is 376 g/mol. The van der Waals surface area contributed by atoms with Crippen molar-refractivity contribution in [2.45, 2.75) is 33.6 Å². The van der Waals surface area contributed by atoms with E-state index in [1.165, 1.54) is 11.1 Å². The van der Waals surface area contributed by atoms with Crippen molar-refractivity contribution in [2.24, 2.45) is 0 Å². The molecule has 1 aromatic carbocycles. The number of amides is 2. The minimum atomic E-state index is -0.0553. The van der Waals surface area contributed by atoms with Gasteiger partial charge in [0.25, 0.3) is 5.91 Å². The average molecular weight is 407 g/mol. The Bertz CT molecular complexity index is 1000. The van der Waals surface area contributed by atoms with Crippen LogP contribution in [0, 0.1) is 13.8 Å². The minimum Gasteiger partial charge on any atom is -0.359 e. The molecule has 0 bridgehead atoms. The number of hydrogen-bond donors (Lipinski definition) is 2. The number of aromatic nitrogens is 1. The summed E-state index contributed by atoms with van der Waals surface area (Å²) in [5, 5.41) is 2.93. The molecule has 2 aromatic rings. The first-order valence-electron chi connectivity index (χ1n) is 10.8. The Morgan fingerprint density at radius 1 is 1.13 bits per heavy atom. The zero-order valence-electron chi connectivity index (χ0n) is 18.0. The van der Waals surface area contributed by atoms with Crippen molar-refractivity contribution in [3.63, 3.8) is 0 Å². The van der Waals surface area contributed by atoms with E-state index in [-0.39, 0.29) is 11.8 Å². The molecule has 0 spiro atoms. The molecule has 30 heavy (non-hydrogen) atoms. The van der Waals surface area contributed by atoms with Crippen molar-refractivity contribution in [3.05, 3.63) is 52.3 Å². The fourth-order valence-electron chi connectivity index (χ4n) is 4.52. The molecule has 3 heterocycles. The number of hydrogen-bond acceptors (Lipinski definition) is 3. The number of rotatable bonds is 6. The molecule has 0 unspecified atom stereocenters. The third-order valence-corrected chi connectivity index (χ3v) is 6.31. The molecule has 2 aliphatic heterocycles. The highest BCUT2D eigenvalue weighted by Crippen LogP contribution is 2.33. The Balaban J connectivity index is 1.43. The first-order chi connectivity index (χ1) is 14.5. The van der Waals surface area contributed by atoms with Gasteiger partial charge < -0.3 is 15.2 Å². The topological polar surface area (TPSA) is 68.4 Å². The van der Waals surface area contributed by atoms with Crippen LogP contribution in [-0.4, -0.2) is 59.3 Å². The molecule has 6 heteroatoms. The number of aromatic amines is 1. The van der Waals surface area contributed by atoms with Gasteiger partial charge in [-0.25, -0.2) is 0 Å². The SMILES string of the molecule is CCN1CCN(CCCc2c(C)[nH]c(C=C3C(=O)Nc4ccccc43)c2C)CC1=O. The summed E-state index contributed by atoms with van der Waals surface area (Å²) in [4.78, 5) is 32.2. The third kappa shape index (κ3) is 3.92. The molecule has 0 aliphatic carbocycles. The standard InChI is InChI=1S/C24H30N4O2/c1-4-28-13-12-27(15-23(28)29)11-7-9-18-16(2)22(25-17(18)3)14-20-19-8-5-6-10-21(19)26-24(20)30/h5-6,8,10,14,25H,4,7,9,11-13,15H2,1-3H3,(H,26,30). The smallest absolute Gasteiger partial charge is 0.256 e. The second-order valence-corrected chi connectivity index (χ2v) is 8.18. The zero-order valence-corrected chi connectivity index (χ0v) is 18.0. The average Bonchev–Trinajstić information content (AvgIpc) is 3.19. The number of aryl methyl sites for hydroxylation is 1. The van der Waals surface area contributed by atoms with E-state index in [0.29, 0.717) is 12.1 Å². The molecule has 6 nitrogen and oxygen atoms in total. The Morgan fingerprint density at radius 2 is 1.93 bits per heavy atom. The monoisotopic (exact) mass is 406 g/mol. The molecule has 0 saturated carbocycles. The number of carbonyl (C=O) groups is 2. The predicted octanol–water partition coefficient (Wildman–Crippen LogP) is 3.22. The fourth-order valence-corrected chi connectivity index (χ4v) is 4.52. The highest BCUT2D eigenvalue weighted by Gasteiger charge is 2.25. The van der Waals surface area contributed by atoms with E-state index < -0.39 is 0 Å². The van der Waals surface area contributed by atoms with Gasteiger partial charge in [-0.15, -0.1) is 0 Å². The molecule has 1 aromatic heterocycles. The Hall–Kier alpha value is -2.86. The largest absolute Gasteiger partial charge is 0.359 e. The quantitative estimate of drug-likeness (QED) is 0.724. The van der Waals surface area contributed by atoms with Gasteiger partial charge >= 0.3 is 0 Å². The number of para-hydroxylation sites is 1. The Labute approximate surface area is 177 Å². The van der Waals surface area contributed by atoms with Crippen LogP contribution in [0.2, 0.25) is 0 Å². The third-order valence-electron chi connectivity index (χ3n) is 6.31. The molecule has 0 radical (unpaired) electrons. The number of piperazine rings is 1. The van der Waals surface area contributed by atoms with Crippen LogP contribution in [0.1, 0.15) is 41.4 Å². The van der Waals surface area contributed by atoms with Crippen molar-refractivity contribution in [3.8, 4) is 0 Å². The first kappa shape index (κ1) is 20.4. The van der Waals surface area contributed by atoms with Crippen molar-refractivity contribution in [2.75, 3.05) is 38.0 Å². The van der Waals surface area contributed by atoms with Crippen LogP contribution in [0.25, 0.3) is 11.6 Å². The summed E-state index contributed by atoms with van der Waals surface area (Å²) in [7, 11) is 0. The Morgan fingerprint density at radius 3 is 2.70 bits per heavy atom. The lowest BCUT2D eigenvalue weighted by Gasteiger charge is -2.33. The van der Waals surface area contributed by atoms with Crippen LogP contribution in [0.4, 0.5) is 5.69 Å². The van der Waals surface area contributed by atoms with Crippen molar-refractivity contribution >= 4 is 29.2 Å². The number of benzene rings is 1. The molecule has 1 saturated heterocycles. The maximum Gasteiger partial charge on any atom is 0.256 e. The van der Waals surface area contributed by atoms with E-state index in [2.05, 4.69) is 29.0 Å². The summed E-state index contributed by atoms with van der Waals surface area (Å²) >= 11 is 0. The molecule has 2 aliphatic rings. The molecule has 2 N–H and O–H groups in total. The number of nitrogens with zero attached hydrogens (tertiary/aromatic N) is 2. The van der Waals surface area contributed by atoms with Gasteiger partial charge in [0.05, 0.1) is 12.1 Å². The van der Waals surface area contributed by atoms with E-state index >= 15 is 0 Å². The zero-order chi connectivity index (χ0) is 21.3. The second kappa shape index (κ2) is 8.48. The first-order valence-corrected chi connectivity index (χ1v) is 10.8. The summed E-state index contributed by atoms with van der Waals surface area (Å²) in [6.45, 7) is 10.3. The van der Waals surface area contributed by atoms with Gasteiger partial charge in [-0.2, -0.15) is 0 Å². The number of anilines is 1. The van der Waals surface area contributed by atoms with Gasteiger partial charge in [0.2, 0.25) is 5.91 Å². The molecule has 2 amide bonds. The summed E-state index contributed by atoms with van der Waals surface area (Å²) in [5.74, 6) is 0.182. The fraction of sp³-hybridized carbons (Fsp3) is 0.417. The highest BCUT2D eigenvalue weighted by molar-refractivity contribution is 6.34. The lowest BCUT2D eigenvalue weighted by molar-refractivity contribution is -0.135. The normalized spacial score (nSPS) is 18.2. The van der Waals surface area contributed by atoms with E-state index in [9.17, 15) is 9.59 Å². The van der Waals surface area contributed by atoms with Crippen LogP contribution in [0.3, 0.4) is 0 Å². The van der Waals surface area contributed by atoms with E-state index in [4.69, 9.17) is 0 Å². The van der Waals surface area contributed by atoms with Crippen LogP contribution >= 0.6 is 0 Å². The van der Waals surface area contributed by atoms with Gasteiger partial charge in [0.15, 0.2) is 0 Å². The lowest BCUT2D eigenvalue weighted by Crippen LogP contribution is -2.50. The molecule has 4 rings (SSSR count).